The Morgan fingerprint density at radius 1 is 0.969 bits per heavy atom. The van der Waals surface area contributed by atoms with Crippen LogP contribution >= 0.6 is 11.3 Å². The zero-order chi connectivity index (χ0) is 22.2. The summed E-state index contributed by atoms with van der Waals surface area (Å²) in [4.78, 5) is 14.4. The monoisotopic (exact) mass is 449 g/mol. The first-order chi connectivity index (χ1) is 15.7. The van der Waals surface area contributed by atoms with E-state index in [1.807, 2.05) is 0 Å². The SMILES string of the molecule is O=C(O)C1CN(Cc2ccc(OCCCCCCc3ccccc3)c(-c3cccs3)c2)C1. The standard InChI is InChI=1S/C27H31NO3S/c29-27(30)23-19-28(20-23)18-22-13-14-25(24(17-22)26-12-8-16-32-26)31-15-7-2-1-4-9-21-10-5-3-6-11-21/h3,5-6,8,10-14,16-17,23H,1-2,4,7,9,15,18-20H2,(H,29,30). The number of unbranched alkanes of at least 4 members (excludes halogenated alkanes) is 3. The molecule has 4 nitrogen and oxygen atoms in total. The summed E-state index contributed by atoms with van der Waals surface area (Å²) in [6.07, 6.45) is 5.83. The number of thiophene rings is 1. The van der Waals surface area contributed by atoms with E-state index in [1.54, 1.807) is 11.3 Å². The van der Waals surface area contributed by atoms with Crippen LogP contribution in [0.25, 0.3) is 10.4 Å². The van der Waals surface area contributed by atoms with Gasteiger partial charge in [-0.15, -0.1) is 11.3 Å². The number of aliphatic carboxylic acids is 1. The van der Waals surface area contributed by atoms with E-state index in [2.05, 4.69) is 70.9 Å². The number of carboxylic acids is 1. The average Bonchev–Trinajstić information content (AvgIpc) is 3.31. The van der Waals surface area contributed by atoms with Crippen LogP contribution in [0.5, 0.6) is 5.75 Å². The van der Waals surface area contributed by atoms with Crippen LogP contribution in [0.3, 0.4) is 0 Å². The van der Waals surface area contributed by atoms with E-state index in [9.17, 15) is 4.79 Å². The van der Waals surface area contributed by atoms with Crippen molar-refractivity contribution in [2.75, 3.05) is 19.7 Å². The zero-order valence-corrected chi connectivity index (χ0v) is 19.2. The number of hydrogen-bond acceptors (Lipinski definition) is 4. The van der Waals surface area contributed by atoms with E-state index >= 15 is 0 Å². The Balaban J connectivity index is 1.26. The van der Waals surface area contributed by atoms with Crippen LogP contribution in [-0.2, 0) is 17.8 Å². The number of ether oxygens (including phenoxy) is 1. The summed E-state index contributed by atoms with van der Waals surface area (Å²) in [7, 11) is 0. The fourth-order valence-electron chi connectivity index (χ4n) is 4.15. The fraction of sp³-hybridized carbons (Fsp3) is 0.370. The summed E-state index contributed by atoms with van der Waals surface area (Å²) in [6, 6.07) is 21.3. The Bertz CT molecular complexity index is 981. The molecular formula is C27H31NO3S. The van der Waals surface area contributed by atoms with Crippen molar-refractivity contribution in [3.05, 3.63) is 77.2 Å². The molecule has 1 fully saturated rings. The lowest BCUT2D eigenvalue weighted by atomic mass is 9.99. The van der Waals surface area contributed by atoms with Crippen molar-refractivity contribution in [3.8, 4) is 16.2 Å². The maximum Gasteiger partial charge on any atom is 0.309 e. The van der Waals surface area contributed by atoms with Gasteiger partial charge in [0.05, 0.1) is 12.5 Å². The highest BCUT2D eigenvalue weighted by Crippen LogP contribution is 2.35. The first kappa shape index (κ1) is 22.6. The zero-order valence-electron chi connectivity index (χ0n) is 18.4. The summed E-state index contributed by atoms with van der Waals surface area (Å²) in [5, 5.41) is 11.2. The smallest absolute Gasteiger partial charge is 0.309 e. The van der Waals surface area contributed by atoms with Crippen LogP contribution in [0.1, 0.15) is 36.8 Å². The van der Waals surface area contributed by atoms with Crippen molar-refractivity contribution in [2.24, 2.45) is 5.92 Å². The number of carboxylic acid groups (broad SMARTS) is 1. The van der Waals surface area contributed by atoms with Crippen molar-refractivity contribution in [3.63, 3.8) is 0 Å². The summed E-state index contributed by atoms with van der Waals surface area (Å²) in [5.41, 5.74) is 3.75. The van der Waals surface area contributed by atoms with E-state index in [0.717, 1.165) is 37.3 Å². The molecule has 1 aliphatic rings. The molecule has 0 bridgehead atoms. The van der Waals surface area contributed by atoms with Crippen LogP contribution in [-0.4, -0.2) is 35.7 Å². The fourth-order valence-corrected chi connectivity index (χ4v) is 4.90. The molecule has 1 N–H and O–H groups in total. The van der Waals surface area contributed by atoms with E-state index in [4.69, 9.17) is 9.84 Å². The molecule has 0 spiro atoms. The van der Waals surface area contributed by atoms with Gasteiger partial charge < -0.3 is 9.84 Å². The van der Waals surface area contributed by atoms with E-state index in [1.165, 1.54) is 35.3 Å². The van der Waals surface area contributed by atoms with Crippen LogP contribution in [0, 0.1) is 5.92 Å². The number of likely N-dealkylation sites (tertiary alicyclic amines) is 1. The Kier molecular flexibility index (Phi) is 7.97. The predicted molar refractivity (Wildman–Crippen MR) is 130 cm³/mol. The molecule has 168 valence electrons. The van der Waals surface area contributed by atoms with Crippen LogP contribution in [0.15, 0.2) is 66.0 Å². The minimum Gasteiger partial charge on any atom is -0.493 e. The molecular weight excluding hydrogens is 418 g/mol. The van der Waals surface area contributed by atoms with Crippen LogP contribution in [0.4, 0.5) is 0 Å². The number of aryl methyl sites for hydroxylation is 1. The number of benzene rings is 2. The Morgan fingerprint density at radius 2 is 1.78 bits per heavy atom. The molecule has 5 heteroatoms. The summed E-state index contributed by atoms with van der Waals surface area (Å²) < 4.78 is 6.19. The highest BCUT2D eigenvalue weighted by atomic mass is 32.1. The molecule has 0 radical (unpaired) electrons. The second-order valence-corrected chi connectivity index (χ2v) is 9.48. The second-order valence-electron chi connectivity index (χ2n) is 8.54. The molecule has 0 atom stereocenters. The molecule has 2 aromatic carbocycles. The van der Waals surface area contributed by atoms with Crippen molar-refractivity contribution in [2.45, 2.75) is 38.6 Å². The lowest BCUT2D eigenvalue weighted by Gasteiger charge is -2.36. The summed E-state index contributed by atoms with van der Waals surface area (Å²) in [6.45, 7) is 2.78. The molecule has 1 aliphatic heterocycles. The van der Waals surface area contributed by atoms with Gasteiger partial charge in [-0.25, -0.2) is 0 Å². The molecule has 0 aliphatic carbocycles. The van der Waals surface area contributed by atoms with Gasteiger partial charge >= 0.3 is 5.97 Å². The number of rotatable bonds is 12. The quantitative estimate of drug-likeness (QED) is 0.339. The maximum atomic E-state index is 11.0. The second kappa shape index (κ2) is 11.3. The molecule has 1 saturated heterocycles. The molecule has 0 amide bonds. The van der Waals surface area contributed by atoms with Gasteiger partial charge in [-0.1, -0.05) is 55.3 Å². The van der Waals surface area contributed by atoms with E-state index in [-0.39, 0.29) is 5.92 Å². The number of nitrogens with zero attached hydrogens (tertiary/aromatic N) is 1. The number of carbonyl (C=O) groups is 1. The van der Waals surface area contributed by atoms with Crippen LogP contribution in [0.2, 0.25) is 0 Å². The molecule has 1 aromatic heterocycles. The minimum absolute atomic E-state index is 0.220. The summed E-state index contributed by atoms with van der Waals surface area (Å²) in [5.74, 6) is 0.0268. The van der Waals surface area contributed by atoms with Gasteiger partial charge in [0.15, 0.2) is 0 Å². The lowest BCUT2D eigenvalue weighted by Crippen LogP contribution is -2.49. The third kappa shape index (κ3) is 6.21. The van der Waals surface area contributed by atoms with Crippen molar-refractivity contribution >= 4 is 17.3 Å². The molecule has 3 aromatic rings. The number of hydrogen-bond donors (Lipinski definition) is 1. The van der Waals surface area contributed by atoms with Gasteiger partial charge in [0.2, 0.25) is 0 Å². The normalized spacial score (nSPS) is 14.2. The topological polar surface area (TPSA) is 49.8 Å². The predicted octanol–water partition coefficient (Wildman–Crippen LogP) is 6.11. The van der Waals surface area contributed by atoms with Gasteiger partial charge in [0.25, 0.3) is 0 Å². The molecule has 4 rings (SSSR count). The minimum atomic E-state index is -0.690. The Hall–Kier alpha value is -2.63. The van der Waals surface area contributed by atoms with Crippen molar-refractivity contribution in [1.82, 2.24) is 4.90 Å². The third-order valence-corrected chi connectivity index (χ3v) is 6.91. The van der Waals surface area contributed by atoms with Gasteiger partial charge in [-0.05, 0) is 54.0 Å². The summed E-state index contributed by atoms with van der Waals surface area (Å²) >= 11 is 1.72. The van der Waals surface area contributed by atoms with Gasteiger partial charge in [-0.2, -0.15) is 0 Å². The van der Waals surface area contributed by atoms with Crippen molar-refractivity contribution < 1.29 is 14.6 Å². The van der Waals surface area contributed by atoms with E-state index < -0.39 is 5.97 Å². The Labute approximate surface area is 194 Å². The molecule has 0 unspecified atom stereocenters. The third-order valence-electron chi connectivity index (χ3n) is 6.00. The first-order valence-electron chi connectivity index (χ1n) is 11.5. The van der Waals surface area contributed by atoms with Crippen molar-refractivity contribution in [1.29, 1.82) is 0 Å². The highest BCUT2D eigenvalue weighted by Gasteiger charge is 2.32. The molecule has 0 saturated carbocycles. The van der Waals surface area contributed by atoms with Gasteiger partial charge in [0, 0.05) is 30.1 Å². The Morgan fingerprint density at radius 3 is 2.53 bits per heavy atom. The molecule has 32 heavy (non-hydrogen) atoms. The van der Waals surface area contributed by atoms with Gasteiger partial charge in [-0.3, -0.25) is 9.69 Å². The van der Waals surface area contributed by atoms with E-state index in [0.29, 0.717) is 13.1 Å². The molecule has 2 heterocycles. The maximum absolute atomic E-state index is 11.0. The van der Waals surface area contributed by atoms with Gasteiger partial charge in [0.1, 0.15) is 5.75 Å². The first-order valence-corrected chi connectivity index (χ1v) is 12.4. The van der Waals surface area contributed by atoms with Crippen LogP contribution < -0.4 is 4.74 Å². The highest BCUT2D eigenvalue weighted by molar-refractivity contribution is 7.13. The average molecular weight is 450 g/mol. The lowest BCUT2D eigenvalue weighted by molar-refractivity contribution is -0.147. The largest absolute Gasteiger partial charge is 0.493 e.